The van der Waals surface area contributed by atoms with Crippen molar-refractivity contribution in [1.82, 2.24) is 15.3 Å². The van der Waals surface area contributed by atoms with Crippen LogP contribution in [0.25, 0.3) is 33.4 Å². The molecule has 0 saturated heterocycles. The maximum atomic E-state index is 14.0. The predicted octanol–water partition coefficient (Wildman–Crippen LogP) is 6.18. The number of fused-ring (bicyclic) bond motifs is 1. The second-order valence-electron chi connectivity index (χ2n) is 9.94. The van der Waals surface area contributed by atoms with Crippen LogP contribution in [0.15, 0.2) is 77.6 Å². The minimum atomic E-state index is -0.381. The van der Waals surface area contributed by atoms with Gasteiger partial charge in [0.15, 0.2) is 0 Å². The molecule has 1 aliphatic rings. The number of hydrogen-bond acceptors (Lipinski definition) is 6. The van der Waals surface area contributed by atoms with E-state index in [1.807, 2.05) is 31.2 Å². The normalized spacial score (nSPS) is 12.8. The summed E-state index contributed by atoms with van der Waals surface area (Å²) < 4.78 is 25.3. The minimum absolute atomic E-state index is 0.0640. The van der Waals surface area contributed by atoms with Crippen LogP contribution in [0.3, 0.4) is 0 Å². The van der Waals surface area contributed by atoms with Crippen molar-refractivity contribution in [3.8, 4) is 28.2 Å². The molecule has 0 aliphatic heterocycles. The molecule has 6 rings (SSSR count). The number of anilines is 1. The van der Waals surface area contributed by atoms with Gasteiger partial charge in [-0.2, -0.15) is 0 Å². The molecule has 0 radical (unpaired) electrons. The summed E-state index contributed by atoms with van der Waals surface area (Å²) in [5, 5.41) is 3.29. The smallest absolute Gasteiger partial charge is 0.263 e. The monoisotopic (exact) mass is 550 g/mol. The molecule has 1 N–H and O–H groups in total. The largest absolute Gasteiger partial charge is 0.496 e. The first-order valence-electron chi connectivity index (χ1n) is 13.2. The molecule has 8 nitrogen and oxygen atoms in total. The van der Waals surface area contributed by atoms with Gasteiger partial charge in [0, 0.05) is 30.2 Å². The number of carbonyl (C=O) groups excluding carboxylic acids is 2. The Labute approximate surface area is 235 Å². The van der Waals surface area contributed by atoms with E-state index in [-0.39, 0.29) is 23.7 Å². The Kier molecular flexibility index (Phi) is 6.70. The van der Waals surface area contributed by atoms with Crippen LogP contribution in [0.4, 0.5) is 10.2 Å². The zero-order valence-electron chi connectivity index (χ0n) is 22.8. The number of halogens is 1. The number of nitrogens with zero attached hydrogens (tertiary/aromatic N) is 3. The zero-order valence-corrected chi connectivity index (χ0v) is 22.8. The lowest BCUT2D eigenvalue weighted by Crippen LogP contribution is -2.34. The van der Waals surface area contributed by atoms with Gasteiger partial charge in [-0.1, -0.05) is 6.07 Å². The van der Waals surface area contributed by atoms with Crippen LogP contribution in [0.2, 0.25) is 0 Å². The number of amides is 2. The first-order valence-corrected chi connectivity index (χ1v) is 13.2. The van der Waals surface area contributed by atoms with Gasteiger partial charge < -0.3 is 14.5 Å². The molecule has 3 aromatic carbocycles. The summed E-state index contributed by atoms with van der Waals surface area (Å²) >= 11 is 0. The first-order chi connectivity index (χ1) is 19.9. The number of benzene rings is 3. The number of carbonyl (C=O) groups is 2. The van der Waals surface area contributed by atoms with Crippen molar-refractivity contribution in [2.75, 3.05) is 19.1 Å². The molecule has 9 heteroatoms. The van der Waals surface area contributed by atoms with Crippen molar-refractivity contribution in [3.63, 3.8) is 0 Å². The molecule has 0 bridgehead atoms. The molecule has 5 aromatic rings. The van der Waals surface area contributed by atoms with E-state index in [0.29, 0.717) is 45.0 Å². The molecule has 2 aromatic heterocycles. The number of furan rings is 1. The third kappa shape index (κ3) is 4.80. The van der Waals surface area contributed by atoms with Gasteiger partial charge in [-0.15, -0.1) is 0 Å². The molecular weight excluding hydrogens is 523 g/mol. The highest BCUT2D eigenvalue weighted by atomic mass is 19.1. The van der Waals surface area contributed by atoms with E-state index in [9.17, 15) is 14.0 Å². The number of aryl methyl sites for hydroxylation is 1. The average Bonchev–Trinajstić information content (AvgIpc) is 3.76. The van der Waals surface area contributed by atoms with Crippen molar-refractivity contribution >= 4 is 28.6 Å². The Balaban J connectivity index is 1.48. The topological polar surface area (TPSA) is 97.6 Å². The number of nitrogens with one attached hydrogen (secondary N) is 1. The highest BCUT2D eigenvalue weighted by Crippen LogP contribution is 2.39. The van der Waals surface area contributed by atoms with E-state index in [0.717, 1.165) is 29.5 Å². The molecule has 1 fully saturated rings. The summed E-state index contributed by atoms with van der Waals surface area (Å²) in [5.74, 6) is 0.438. The maximum Gasteiger partial charge on any atom is 0.263 e. The molecule has 0 unspecified atom stereocenters. The Morgan fingerprint density at radius 2 is 1.80 bits per heavy atom. The number of ether oxygens (including phenoxy) is 1. The van der Waals surface area contributed by atoms with Crippen molar-refractivity contribution in [2.45, 2.75) is 25.8 Å². The molecule has 2 amide bonds. The molecule has 0 atom stereocenters. The fourth-order valence-electron chi connectivity index (χ4n) is 5.09. The third-order valence-corrected chi connectivity index (χ3v) is 7.28. The zero-order chi connectivity index (χ0) is 28.7. The van der Waals surface area contributed by atoms with E-state index in [4.69, 9.17) is 9.15 Å². The van der Waals surface area contributed by atoms with Crippen molar-refractivity contribution in [2.24, 2.45) is 0 Å². The van der Waals surface area contributed by atoms with Gasteiger partial charge in [0.25, 0.3) is 11.8 Å². The van der Waals surface area contributed by atoms with Gasteiger partial charge >= 0.3 is 0 Å². The molecule has 1 saturated carbocycles. The Morgan fingerprint density at radius 3 is 2.46 bits per heavy atom. The average molecular weight is 551 g/mol. The predicted molar refractivity (Wildman–Crippen MR) is 154 cm³/mol. The number of rotatable bonds is 7. The van der Waals surface area contributed by atoms with Crippen LogP contribution in [-0.4, -0.2) is 42.0 Å². The summed E-state index contributed by atoms with van der Waals surface area (Å²) in [5.41, 5.74) is 4.34. The summed E-state index contributed by atoms with van der Waals surface area (Å²) in [6, 6.07) is 16.8. The second kappa shape index (κ2) is 10.5. The van der Waals surface area contributed by atoms with E-state index in [2.05, 4.69) is 15.3 Å². The van der Waals surface area contributed by atoms with Gasteiger partial charge in [0.05, 0.1) is 18.2 Å². The fraction of sp³-hybridized carbons (Fsp3) is 0.188. The fourth-order valence-corrected chi connectivity index (χ4v) is 5.09. The Hall–Kier alpha value is -5.05. The lowest BCUT2D eigenvalue weighted by atomic mass is 9.95. The van der Waals surface area contributed by atoms with Crippen molar-refractivity contribution in [3.05, 3.63) is 95.7 Å². The molecular formula is C32H27FN4O4. The van der Waals surface area contributed by atoms with Crippen LogP contribution in [-0.2, 0) is 0 Å². The molecule has 206 valence electrons. The van der Waals surface area contributed by atoms with Gasteiger partial charge in [0.1, 0.15) is 35.1 Å². The Bertz CT molecular complexity index is 1780. The summed E-state index contributed by atoms with van der Waals surface area (Å²) in [6.45, 7) is 1.94. The van der Waals surface area contributed by atoms with Crippen LogP contribution in [0, 0.1) is 12.7 Å². The molecule has 2 heterocycles. The standard InChI is InChI=1S/C32H27FN4O4/c1-18-14-27(40-3)25(32(39)37(22-9-10-22)28-12-13-35-17-36-28)16-23(18)20-6-11-26-24(15-20)29(31(38)34-2)30(41-26)19-4-7-21(33)8-5-19/h4-8,11-17,22H,9-10H2,1-3H3,(H,34,38). The van der Waals surface area contributed by atoms with Gasteiger partial charge in [-0.3, -0.25) is 14.5 Å². The molecule has 41 heavy (non-hydrogen) atoms. The van der Waals surface area contributed by atoms with E-state index >= 15 is 0 Å². The van der Waals surface area contributed by atoms with Crippen molar-refractivity contribution in [1.29, 1.82) is 0 Å². The third-order valence-electron chi connectivity index (χ3n) is 7.28. The Morgan fingerprint density at radius 1 is 1.05 bits per heavy atom. The van der Waals surface area contributed by atoms with Crippen LogP contribution in [0.1, 0.15) is 39.1 Å². The summed E-state index contributed by atoms with van der Waals surface area (Å²) in [4.78, 5) is 37.0. The molecule has 0 spiro atoms. The van der Waals surface area contributed by atoms with Gasteiger partial charge in [-0.05, 0) is 91.1 Å². The summed E-state index contributed by atoms with van der Waals surface area (Å²) in [6.07, 6.45) is 4.84. The number of aromatic nitrogens is 2. The first kappa shape index (κ1) is 26.2. The highest BCUT2D eigenvalue weighted by Gasteiger charge is 2.36. The van der Waals surface area contributed by atoms with E-state index < -0.39 is 0 Å². The van der Waals surface area contributed by atoms with Crippen LogP contribution >= 0.6 is 0 Å². The van der Waals surface area contributed by atoms with Gasteiger partial charge in [-0.25, -0.2) is 14.4 Å². The number of methoxy groups -OCH3 is 1. The molecule has 1 aliphatic carbocycles. The van der Waals surface area contributed by atoms with E-state index in [1.165, 1.54) is 18.5 Å². The van der Waals surface area contributed by atoms with Crippen LogP contribution < -0.4 is 15.0 Å². The van der Waals surface area contributed by atoms with Crippen LogP contribution in [0.5, 0.6) is 5.75 Å². The lowest BCUT2D eigenvalue weighted by molar-refractivity contribution is 0.0961. The maximum absolute atomic E-state index is 14.0. The summed E-state index contributed by atoms with van der Waals surface area (Å²) in [7, 11) is 3.09. The minimum Gasteiger partial charge on any atom is -0.496 e. The second-order valence-corrected chi connectivity index (χ2v) is 9.94. The quantitative estimate of drug-likeness (QED) is 0.260. The SMILES string of the molecule is CNC(=O)c1c(-c2ccc(F)cc2)oc2ccc(-c3cc(C(=O)N(c4ccncn4)C4CC4)c(OC)cc3C)cc12. The number of hydrogen-bond donors (Lipinski definition) is 1. The van der Waals surface area contributed by atoms with E-state index in [1.54, 1.807) is 49.5 Å². The van der Waals surface area contributed by atoms with Crippen molar-refractivity contribution < 1.29 is 23.1 Å². The highest BCUT2D eigenvalue weighted by molar-refractivity contribution is 6.12. The lowest BCUT2D eigenvalue weighted by Gasteiger charge is -2.23. The van der Waals surface area contributed by atoms with Gasteiger partial charge in [0.2, 0.25) is 0 Å².